The predicted octanol–water partition coefficient (Wildman–Crippen LogP) is 2.10. The van der Waals surface area contributed by atoms with Crippen molar-refractivity contribution in [3.63, 3.8) is 0 Å². The van der Waals surface area contributed by atoms with Crippen LogP contribution in [0.1, 0.15) is 24.0 Å². The minimum absolute atomic E-state index is 0.167. The lowest BCUT2D eigenvalue weighted by molar-refractivity contribution is 0.198. The molecule has 3 aliphatic heterocycles. The van der Waals surface area contributed by atoms with E-state index in [1.165, 1.54) is 5.56 Å². The Balaban J connectivity index is 1.64. The number of benzene rings is 2. The van der Waals surface area contributed by atoms with E-state index in [-0.39, 0.29) is 11.8 Å². The minimum atomic E-state index is -0.671. The summed E-state index contributed by atoms with van der Waals surface area (Å²) in [4.78, 5) is 37.6. The van der Waals surface area contributed by atoms with Gasteiger partial charge in [-0.1, -0.05) is 30.3 Å². The first-order chi connectivity index (χ1) is 15.5. The van der Waals surface area contributed by atoms with Crippen molar-refractivity contribution < 1.29 is 5.11 Å². The highest BCUT2D eigenvalue weighted by molar-refractivity contribution is 5.84. The number of rotatable bonds is 5. The van der Waals surface area contributed by atoms with Crippen molar-refractivity contribution in [2.24, 2.45) is 0 Å². The first-order valence-electron chi connectivity index (χ1n) is 10.9. The quantitative estimate of drug-likeness (QED) is 0.469. The Bertz CT molecular complexity index is 1360. The largest absolute Gasteiger partial charge is 0.391 e. The Morgan fingerprint density at radius 3 is 2.72 bits per heavy atom. The summed E-state index contributed by atoms with van der Waals surface area (Å²) < 4.78 is 1.94. The van der Waals surface area contributed by atoms with E-state index in [4.69, 9.17) is 0 Å². The summed E-state index contributed by atoms with van der Waals surface area (Å²) in [6, 6.07) is 14.2. The number of nitrogens with zero attached hydrogens (tertiary/aromatic N) is 4. The summed E-state index contributed by atoms with van der Waals surface area (Å²) in [6.07, 6.45) is 2.09. The number of aryl methyl sites for hydroxylation is 3. The Hall–Kier alpha value is -3.52. The zero-order valence-corrected chi connectivity index (χ0v) is 17.9. The second kappa shape index (κ2) is 8.20. The molecule has 1 unspecified atom stereocenters. The molecule has 0 aromatic heterocycles. The lowest BCUT2D eigenvalue weighted by Gasteiger charge is -2.23. The van der Waals surface area contributed by atoms with Gasteiger partial charge in [-0.05, 0) is 49.4 Å². The summed E-state index contributed by atoms with van der Waals surface area (Å²) in [7, 11) is 0. The van der Waals surface area contributed by atoms with E-state index in [1.54, 1.807) is 0 Å². The van der Waals surface area contributed by atoms with Gasteiger partial charge in [0.2, 0.25) is 0 Å². The van der Waals surface area contributed by atoms with Gasteiger partial charge in [-0.2, -0.15) is 4.98 Å². The molecular formula is C24H25N5O3. The predicted molar refractivity (Wildman–Crippen MR) is 123 cm³/mol. The highest BCUT2D eigenvalue weighted by atomic mass is 16.3. The van der Waals surface area contributed by atoms with Crippen LogP contribution >= 0.6 is 0 Å². The molecule has 8 nitrogen and oxygen atoms in total. The average Bonchev–Trinajstić information content (AvgIpc) is 3.20. The lowest BCUT2D eigenvalue weighted by atomic mass is 10.1. The molecule has 2 aromatic rings. The summed E-state index contributed by atoms with van der Waals surface area (Å²) >= 11 is 0. The standard InChI is InChI=1S/C24H25N5O3/c1-15-12-18-20(13-19(15)28-11-9-17(30)14-28)29(10-5-8-16-6-3-2-4-7-16)22-21(25-18)23(31)27-24(32)26-22/h2-4,6-7,12-13,17,30H,5,8-11,14H2,1H3,(H,27,31,32). The molecule has 0 radical (unpaired) electrons. The van der Waals surface area contributed by atoms with Crippen LogP contribution in [0.15, 0.2) is 52.1 Å². The molecule has 32 heavy (non-hydrogen) atoms. The molecule has 0 amide bonds. The van der Waals surface area contributed by atoms with Crippen molar-refractivity contribution in [2.75, 3.05) is 18.0 Å². The van der Waals surface area contributed by atoms with Crippen LogP contribution in [0.4, 0.5) is 5.69 Å². The number of β-amino-alcohol motifs (C(OH)–C–C–N with tert-alkyl or cyclic N) is 1. The second-order valence-electron chi connectivity index (χ2n) is 8.41. The van der Waals surface area contributed by atoms with Crippen LogP contribution in [-0.4, -0.2) is 43.8 Å². The SMILES string of the molecule is Cc1cc2nc3c(=O)[nH]c(=O)nc-3n(CCCc3ccccc3)c2cc1N1CCC(O)C1. The fraction of sp³-hybridized carbons (Fsp3) is 0.333. The number of nitrogens with one attached hydrogen (secondary N) is 1. The summed E-state index contributed by atoms with van der Waals surface area (Å²) in [6.45, 7) is 3.97. The van der Waals surface area contributed by atoms with E-state index in [2.05, 4.69) is 32.0 Å². The molecular weight excluding hydrogens is 406 g/mol. The van der Waals surface area contributed by atoms with Gasteiger partial charge in [-0.15, -0.1) is 0 Å². The van der Waals surface area contributed by atoms with Gasteiger partial charge in [0.15, 0.2) is 11.5 Å². The number of aromatic amines is 1. The van der Waals surface area contributed by atoms with Crippen LogP contribution in [0.5, 0.6) is 0 Å². The number of aliphatic hydroxyl groups is 1. The van der Waals surface area contributed by atoms with Gasteiger partial charge >= 0.3 is 5.69 Å². The van der Waals surface area contributed by atoms with E-state index in [0.29, 0.717) is 24.4 Å². The Labute approximate surface area is 184 Å². The van der Waals surface area contributed by atoms with Crippen molar-refractivity contribution in [1.82, 2.24) is 19.5 Å². The van der Waals surface area contributed by atoms with E-state index in [9.17, 15) is 14.7 Å². The molecule has 0 bridgehead atoms. The molecule has 0 aliphatic carbocycles. The fourth-order valence-corrected chi connectivity index (χ4v) is 4.55. The number of hydrogen-bond donors (Lipinski definition) is 2. The third kappa shape index (κ3) is 3.78. The van der Waals surface area contributed by atoms with Crippen molar-refractivity contribution in [3.05, 3.63) is 74.4 Å². The highest BCUT2D eigenvalue weighted by Gasteiger charge is 2.24. The smallest absolute Gasteiger partial charge is 0.349 e. The van der Waals surface area contributed by atoms with Gasteiger partial charge in [0.25, 0.3) is 5.56 Å². The topological polar surface area (TPSA) is 104 Å². The van der Waals surface area contributed by atoms with Crippen molar-refractivity contribution >= 4 is 16.7 Å². The summed E-state index contributed by atoms with van der Waals surface area (Å²) in [5, 5.41) is 10.0. The highest BCUT2D eigenvalue weighted by Crippen LogP contribution is 2.31. The molecule has 3 heterocycles. The molecule has 164 valence electrons. The van der Waals surface area contributed by atoms with Crippen molar-refractivity contribution in [2.45, 2.75) is 38.8 Å². The van der Waals surface area contributed by atoms with Crippen LogP contribution in [-0.2, 0) is 13.0 Å². The fourth-order valence-electron chi connectivity index (χ4n) is 4.55. The molecule has 8 heteroatoms. The maximum Gasteiger partial charge on any atom is 0.349 e. The van der Waals surface area contributed by atoms with Gasteiger partial charge in [-0.25, -0.2) is 9.78 Å². The maximum atomic E-state index is 12.5. The van der Waals surface area contributed by atoms with Crippen molar-refractivity contribution in [3.8, 4) is 11.5 Å². The Morgan fingerprint density at radius 1 is 1.16 bits per heavy atom. The first kappa shape index (κ1) is 20.4. The average molecular weight is 431 g/mol. The molecule has 5 rings (SSSR count). The number of aromatic nitrogens is 4. The number of aliphatic hydroxyl groups excluding tert-OH is 1. The van der Waals surface area contributed by atoms with E-state index < -0.39 is 11.2 Å². The molecule has 2 aromatic carbocycles. The maximum absolute atomic E-state index is 12.5. The normalized spacial score (nSPS) is 16.3. The molecule has 1 fully saturated rings. The molecule has 0 saturated carbocycles. The number of fused-ring (bicyclic) bond motifs is 2. The summed E-state index contributed by atoms with van der Waals surface area (Å²) in [5.41, 5.74) is 3.76. The van der Waals surface area contributed by atoms with E-state index in [0.717, 1.165) is 42.6 Å². The van der Waals surface area contributed by atoms with Crippen LogP contribution in [0, 0.1) is 6.92 Å². The lowest BCUT2D eigenvalue weighted by Crippen LogP contribution is -2.29. The van der Waals surface area contributed by atoms with Gasteiger partial charge in [0, 0.05) is 25.3 Å². The molecule has 3 aliphatic rings. The first-order valence-corrected chi connectivity index (χ1v) is 10.9. The van der Waals surface area contributed by atoms with Gasteiger partial charge in [-0.3, -0.25) is 9.78 Å². The monoisotopic (exact) mass is 431 g/mol. The van der Waals surface area contributed by atoms with E-state index >= 15 is 0 Å². The number of H-pyrrole nitrogens is 1. The number of anilines is 1. The molecule has 0 spiro atoms. The zero-order chi connectivity index (χ0) is 22.2. The van der Waals surface area contributed by atoms with Crippen LogP contribution < -0.4 is 16.1 Å². The number of hydrogen-bond acceptors (Lipinski definition) is 6. The second-order valence-corrected chi connectivity index (χ2v) is 8.41. The van der Waals surface area contributed by atoms with Gasteiger partial charge in [0.05, 0.1) is 17.1 Å². The van der Waals surface area contributed by atoms with E-state index in [1.807, 2.05) is 41.8 Å². The van der Waals surface area contributed by atoms with Gasteiger partial charge < -0.3 is 14.6 Å². The van der Waals surface area contributed by atoms with Crippen molar-refractivity contribution in [1.29, 1.82) is 0 Å². The van der Waals surface area contributed by atoms with Crippen LogP contribution in [0.2, 0.25) is 0 Å². The van der Waals surface area contributed by atoms with Gasteiger partial charge in [0.1, 0.15) is 0 Å². The molecule has 1 atom stereocenters. The third-order valence-electron chi connectivity index (χ3n) is 6.12. The van der Waals surface area contributed by atoms with Crippen LogP contribution in [0.25, 0.3) is 22.6 Å². The minimum Gasteiger partial charge on any atom is -0.391 e. The summed E-state index contributed by atoms with van der Waals surface area (Å²) in [5.74, 6) is 0.301. The molecule has 2 N–H and O–H groups in total. The zero-order valence-electron chi connectivity index (χ0n) is 17.9. The van der Waals surface area contributed by atoms with Crippen LogP contribution in [0.3, 0.4) is 0 Å². The Morgan fingerprint density at radius 2 is 1.97 bits per heavy atom. The molecule has 1 saturated heterocycles. The third-order valence-corrected chi connectivity index (χ3v) is 6.12. The Kier molecular flexibility index (Phi) is 5.22.